The highest BCUT2D eigenvalue weighted by Gasteiger charge is 2.31. The number of rotatable bonds is 5. The summed E-state index contributed by atoms with van der Waals surface area (Å²) in [5.41, 5.74) is -0.229. The van der Waals surface area contributed by atoms with Gasteiger partial charge in [-0.05, 0) is 24.7 Å². The molecule has 0 aromatic heterocycles. The minimum atomic E-state index is -4.36. The van der Waals surface area contributed by atoms with Crippen LogP contribution in [-0.2, 0) is 15.7 Å². The number of likely N-dealkylation sites (N-methyl/N-ethyl adjacent to an activating group) is 1. The number of hydrogen-bond donors (Lipinski definition) is 1. The first kappa shape index (κ1) is 14.9. The van der Waals surface area contributed by atoms with Crippen LogP contribution in [0.25, 0.3) is 0 Å². The summed E-state index contributed by atoms with van der Waals surface area (Å²) in [6, 6.07) is 4.62. The Balaban J connectivity index is 3.07. The van der Waals surface area contributed by atoms with E-state index in [-0.39, 0.29) is 0 Å². The minimum absolute atomic E-state index is 0.459. The van der Waals surface area contributed by atoms with Crippen molar-refractivity contribution < 1.29 is 22.6 Å². The third-order valence-electron chi connectivity index (χ3n) is 2.62. The second-order valence-electron chi connectivity index (χ2n) is 3.73. The van der Waals surface area contributed by atoms with Gasteiger partial charge in [0, 0.05) is 14.2 Å². The largest absolute Gasteiger partial charge is 0.416 e. The summed E-state index contributed by atoms with van der Waals surface area (Å²) in [6.45, 7) is 0. The maximum Gasteiger partial charge on any atom is 0.416 e. The number of halogens is 3. The standard InChI is InChI=1S/C12H16F3NO2/c1-16-10(11(17-2)18-3)8-5-4-6-9(7-8)12(13,14)15/h4-7,10-11,16H,1-3H3. The van der Waals surface area contributed by atoms with Crippen LogP contribution in [0.2, 0.25) is 0 Å². The van der Waals surface area contributed by atoms with Gasteiger partial charge in [0.25, 0.3) is 0 Å². The molecule has 18 heavy (non-hydrogen) atoms. The van der Waals surface area contributed by atoms with Crippen molar-refractivity contribution in [3.63, 3.8) is 0 Å². The van der Waals surface area contributed by atoms with E-state index in [1.807, 2.05) is 0 Å². The van der Waals surface area contributed by atoms with Crippen molar-refractivity contribution in [2.75, 3.05) is 21.3 Å². The molecule has 1 N–H and O–H groups in total. The number of hydrogen-bond acceptors (Lipinski definition) is 3. The van der Waals surface area contributed by atoms with E-state index in [1.54, 1.807) is 13.1 Å². The van der Waals surface area contributed by atoms with Crippen LogP contribution in [-0.4, -0.2) is 27.6 Å². The van der Waals surface area contributed by atoms with Crippen molar-refractivity contribution in [1.29, 1.82) is 0 Å². The van der Waals surface area contributed by atoms with E-state index >= 15 is 0 Å². The summed E-state index contributed by atoms with van der Waals surface area (Å²) in [5.74, 6) is 0. The summed E-state index contributed by atoms with van der Waals surface area (Å²) < 4.78 is 48.0. The molecule has 1 aromatic carbocycles. The van der Waals surface area contributed by atoms with Crippen LogP contribution in [0.3, 0.4) is 0 Å². The molecule has 0 heterocycles. The van der Waals surface area contributed by atoms with Gasteiger partial charge in [-0.2, -0.15) is 13.2 Å². The Bertz CT molecular complexity index is 378. The first-order valence-electron chi connectivity index (χ1n) is 5.34. The van der Waals surface area contributed by atoms with Gasteiger partial charge in [-0.15, -0.1) is 0 Å². The second-order valence-corrected chi connectivity index (χ2v) is 3.73. The molecular formula is C12H16F3NO2. The Kier molecular flexibility index (Phi) is 5.13. The van der Waals surface area contributed by atoms with Crippen LogP contribution in [0.4, 0.5) is 13.2 Å². The van der Waals surface area contributed by atoms with Crippen molar-refractivity contribution in [2.45, 2.75) is 18.5 Å². The lowest BCUT2D eigenvalue weighted by atomic mass is 10.0. The topological polar surface area (TPSA) is 30.5 Å². The molecule has 102 valence electrons. The number of benzene rings is 1. The van der Waals surface area contributed by atoms with Crippen molar-refractivity contribution in [2.24, 2.45) is 0 Å². The van der Waals surface area contributed by atoms with Crippen LogP contribution in [0.15, 0.2) is 24.3 Å². The third-order valence-corrected chi connectivity index (χ3v) is 2.62. The maximum absolute atomic E-state index is 12.6. The summed E-state index contributed by atoms with van der Waals surface area (Å²) >= 11 is 0. The summed E-state index contributed by atoms with van der Waals surface area (Å²) in [7, 11) is 4.51. The van der Waals surface area contributed by atoms with Gasteiger partial charge in [-0.1, -0.05) is 12.1 Å². The molecule has 0 saturated carbocycles. The van der Waals surface area contributed by atoms with Gasteiger partial charge in [0.15, 0.2) is 6.29 Å². The Labute approximate surface area is 104 Å². The maximum atomic E-state index is 12.6. The predicted molar refractivity (Wildman–Crippen MR) is 61.1 cm³/mol. The molecular weight excluding hydrogens is 247 g/mol. The molecule has 1 aromatic rings. The fourth-order valence-corrected chi connectivity index (χ4v) is 1.74. The van der Waals surface area contributed by atoms with Crippen LogP contribution < -0.4 is 5.32 Å². The van der Waals surface area contributed by atoms with Crippen molar-refractivity contribution in [3.05, 3.63) is 35.4 Å². The Morgan fingerprint density at radius 1 is 1.17 bits per heavy atom. The van der Waals surface area contributed by atoms with E-state index in [0.717, 1.165) is 12.1 Å². The van der Waals surface area contributed by atoms with Crippen LogP contribution in [0.1, 0.15) is 17.2 Å². The van der Waals surface area contributed by atoms with Gasteiger partial charge < -0.3 is 14.8 Å². The lowest BCUT2D eigenvalue weighted by Gasteiger charge is -2.25. The van der Waals surface area contributed by atoms with Crippen molar-refractivity contribution >= 4 is 0 Å². The Morgan fingerprint density at radius 2 is 1.78 bits per heavy atom. The molecule has 0 bridgehead atoms. The summed E-state index contributed by atoms with van der Waals surface area (Å²) in [4.78, 5) is 0. The Morgan fingerprint density at radius 3 is 2.22 bits per heavy atom. The van der Waals surface area contributed by atoms with Gasteiger partial charge in [-0.3, -0.25) is 0 Å². The number of alkyl halides is 3. The number of ether oxygens (including phenoxy) is 2. The zero-order chi connectivity index (χ0) is 13.8. The molecule has 0 radical (unpaired) electrons. The summed E-state index contributed by atoms with van der Waals surface area (Å²) in [6.07, 6.45) is -5.01. The zero-order valence-electron chi connectivity index (χ0n) is 10.4. The zero-order valence-corrected chi connectivity index (χ0v) is 10.4. The number of nitrogens with one attached hydrogen (secondary N) is 1. The SMILES string of the molecule is CNC(c1cccc(C(F)(F)F)c1)C(OC)OC. The molecule has 0 amide bonds. The lowest BCUT2D eigenvalue weighted by Crippen LogP contribution is -2.32. The lowest BCUT2D eigenvalue weighted by molar-refractivity contribution is -0.138. The first-order valence-corrected chi connectivity index (χ1v) is 5.34. The van der Waals surface area contributed by atoms with Gasteiger partial charge in [-0.25, -0.2) is 0 Å². The van der Waals surface area contributed by atoms with Crippen molar-refractivity contribution in [1.82, 2.24) is 5.32 Å². The van der Waals surface area contributed by atoms with Crippen LogP contribution in [0.5, 0.6) is 0 Å². The van der Waals surface area contributed by atoms with Crippen LogP contribution >= 0.6 is 0 Å². The van der Waals surface area contributed by atoms with Gasteiger partial charge >= 0.3 is 6.18 Å². The molecule has 6 heteroatoms. The van der Waals surface area contributed by atoms with E-state index in [1.165, 1.54) is 20.3 Å². The molecule has 0 aliphatic carbocycles. The van der Waals surface area contributed by atoms with Crippen LogP contribution in [0, 0.1) is 0 Å². The van der Waals surface area contributed by atoms with Gasteiger partial charge in [0.2, 0.25) is 0 Å². The second kappa shape index (κ2) is 6.17. The van der Waals surface area contributed by atoms with E-state index in [4.69, 9.17) is 9.47 Å². The highest BCUT2D eigenvalue weighted by Crippen LogP contribution is 2.31. The molecule has 1 unspecified atom stereocenters. The molecule has 0 aliphatic heterocycles. The quantitative estimate of drug-likeness (QED) is 0.828. The Hall–Kier alpha value is -1.11. The third kappa shape index (κ3) is 3.44. The number of methoxy groups -OCH3 is 2. The average Bonchev–Trinajstić information content (AvgIpc) is 2.35. The smallest absolute Gasteiger partial charge is 0.354 e. The van der Waals surface area contributed by atoms with E-state index in [0.29, 0.717) is 5.56 Å². The highest BCUT2D eigenvalue weighted by atomic mass is 19.4. The minimum Gasteiger partial charge on any atom is -0.354 e. The van der Waals surface area contributed by atoms with Gasteiger partial charge in [0.05, 0.1) is 11.6 Å². The monoisotopic (exact) mass is 263 g/mol. The van der Waals surface area contributed by atoms with E-state index in [9.17, 15) is 13.2 Å². The average molecular weight is 263 g/mol. The highest BCUT2D eigenvalue weighted by molar-refractivity contribution is 5.28. The van der Waals surface area contributed by atoms with Crippen molar-refractivity contribution in [3.8, 4) is 0 Å². The molecule has 0 fully saturated rings. The molecule has 1 atom stereocenters. The van der Waals surface area contributed by atoms with Gasteiger partial charge in [0.1, 0.15) is 0 Å². The molecule has 0 saturated heterocycles. The fraction of sp³-hybridized carbons (Fsp3) is 0.500. The summed E-state index contributed by atoms with van der Waals surface area (Å²) in [5, 5.41) is 2.88. The fourth-order valence-electron chi connectivity index (χ4n) is 1.74. The first-order chi connectivity index (χ1) is 8.43. The van der Waals surface area contributed by atoms with E-state index in [2.05, 4.69) is 5.32 Å². The molecule has 0 aliphatic rings. The molecule has 3 nitrogen and oxygen atoms in total. The normalized spacial score (nSPS) is 13.9. The molecule has 1 rings (SSSR count). The van der Waals surface area contributed by atoms with E-state index < -0.39 is 24.1 Å². The molecule has 0 spiro atoms. The predicted octanol–water partition coefficient (Wildman–Crippen LogP) is 2.58.